The molecular weight excluding hydrogens is 230 g/mol. The lowest BCUT2D eigenvalue weighted by molar-refractivity contribution is 0.0186. The number of hydrogen-bond acceptors (Lipinski definition) is 2. The van der Waals surface area contributed by atoms with Crippen LogP contribution in [0.15, 0.2) is 0 Å². The Morgan fingerprint density at radius 3 is 2.12 bits per heavy atom. The summed E-state index contributed by atoms with van der Waals surface area (Å²) in [5, 5.41) is 9.24. The van der Waals surface area contributed by atoms with E-state index >= 15 is 0 Å². The summed E-state index contributed by atoms with van der Waals surface area (Å²) < 4.78 is 5.60. The zero-order chi connectivity index (χ0) is 11.8. The van der Waals surface area contributed by atoms with E-state index in [1.807, 2.05) is 34.6 Å². The van der Waals surface area contributed by atoms with Crippen molar-refractivity contribution in [3.8, 4) is 0 Å². The van der Waals surface area contributed by atoms with Gasteiger partial charge in [0.2, 0.25) is 0 Å². The molecule has 3 atom stereocenters. The van der Waals surface area contributed by atoms with Crippen LogP contribution in [0.2, 0.25) is 0 Å². The number of carboxylic acid groups (broad SMARTS) is 1. The van der Waals surface area contributed by atoms with Crippen molar-refractivity contribution in [3.05, 3.63) is 0 Å². The third-order valence-electron chi connectivity index (χ3n) is 2.82. The van der Waals surface area contributed by atoms with Crippen LogP contribution >= 0.6 is 12.4 Å². The van der Waals surface area contributed by atoms with E-state index < -0.39 is 6.09 Å². The minimum Gasteiger partial charge on any atom is -0.465 e. The van der Waals surface area contributed by atoms with E-state index in [1.165, 1.54) is 4.90 Å². The minimum atomic E-state index is -0.864. The van der Waals surface area contributed by atoms with Crippen LogP contribution in [0.4, 0.5) is 4.79 Å². The smallest absolute Gasteiger partial charge is 0.408 e. The first kappa shape index (κ1) is 15.5. The van der Waals surface area contributed by atoms with Crippen LogP contribution in [0.25, 0.3) is 0 Å². The summed E-state index contributed by atoms with van der Waals surface area (Å²) in [4.78, 5) is 12.8. The molecule has 1 saturated heterocycles. The van der Waals surface area contributed by atoms with Crippen molar-refractivity contribution in [1.29, 1.82) is 0 Å². The van der Waals surface area contributed by atoms with Crippen molar-refractivity contribution in [2.75, 3.05) is 0 Å². The molecule has 0 aromatic rings. The van der Waals surface area contributed by atoms with Gasteiger partial charge in [0.25, 0.3) is 0 Å². The number of hydrogen-bond donors (Lipinski definition) is 1. The van der Waals surface area contributed by atoms with Crippen molar-refractivity contribution >= 4 is 18.5 Å². The van der Waals surface area contributed by atoms with Crippen molar-refractivity contribution < 1.29 is 14.6 Å². The molecule has 4 nitrogen and oxygen atoms in total. The van der Waals surface area contributed by atoms with Crippen LogP contribution in [-0.2, 0) is 4.74 Å². The highest BCUT2D eigenvalue weighted by atomic mass is 35.5. The number of nitrogens with zero attached hydrogens (tertiary/aromatic N) is 1. The summed E-state index contributed by atoms with van der Waals surface area (Å²) in [6, 6.07) is -0.0301. The maximum Gasteiger partial charge on any atom is 0.408 e. The average Bonchev–Trinajstić information content (AvgIpc) is 2.26. The van der Waals surface area contributed by atoms with Gasteiger partial charge in [0.05, 0.1) is 18.2 Å². The van der Waals surface area contributed by atoms with Gasteiger partial charge in [-0.05, 0) is 41.0 Å². The highest BCUT2D eigenvalue weighted by Gasteiger charge is 2.41. The van der Waals surface area contributed by atoms with Gasteiger partial charge >= 0.3 is 6.09 Å². The fraction of sp³-hybridized carbons (Fsp3) is 0.909. The van der Waals surface area contributed by atoms with Crippen molar-refractivity contribution in [3.63, 3.8) is 0 Å². The zero-order valence-corrected chi connectivity index (χ0v) is 11.4. The Bertz CT molecular complexity index is 252. The van der Waals surface area contributed by atoms with Crippen molar-refractivity contribution in [1.82, 2.24) is 4.90 Å². The van der Waals surface area contributed by atoms with Crippen LogP contribution in [0.3, 0.4) is 0 Å². The second-order valence-corrected chi connectivity index (χ2v) is 5.28. The lowest BCUT2D eigenvalue weighted by Crippen LogP contribution is -2.53. The summed E-state index contributed by atoms with van der Waals surface area (Å²) in [6.45, 7) is 9.67. The molecule has 0 aromatic heterocycles. The van der Waals surface area contributed by atoms with Crippen LogP contribution in [0, 0.1) is 0 Å². The molecule has 1 fully saturated rings. The van der Waals surface area contributed by atoms with Gasteiger partial charge < -0.3 is 9.84 Å². The molecule has 1 rings (SSSR count). The number of rotatable bonds is 1. The fourth-order valence-electron chi connectivity index (χ4n) is 2.29. The Balaban J connectivity index is 0.00000225. The fourth-order valence-corrected chi connectivity index (χ4v) is 2.29. The summed E-state index contributed by atoms with van der Waals surface area (Å²) in [5.41, 5.74) is -0.377. The average molecular weight is 252 g/mol. The van der Waals surface area contributed by atoms with E-state index in [4.69, 9.17) is 4.74 Å². The summed E-state index contributed by atoms with van der Waals surface area (Å²) in [6.07, 6.45) is 0.0478. The van der Waals surface area contributed by atoms with Crippen molar-refractivity contribution in [2.24, 2.45) is 0 Å². The number of amides is 1. The lowest BCUT2D eigenvalue weighted by Gasteiger charge is -2.39. The first-order chi connectivity index (χ1) is 6.73. The number of halogens is 1. The molecule has 0 saturated carbocycles. The molecule has 1 heterocycles. The van der Waals surface area contributed by atoms with E-state index in [9.17, 15) is 9.90 Å². The third kappa shape index (κ3) is 3.25. The Kier molecular flexibility index (Phi) is 5.08. The second kappa shape index (κ2) is 5.23. The van der Waals surface area contributed by atoms with E-state index in [0.717, 1.165) is 6.42 Å². The van der Waals surface area contributed by atoms with Gasteiger partial charge in [-0.15, -0.1) is 12.4 Å². The maximum atomic E-state index is 11.3. The molecule has 1 N–H and O–H groups in total. The predicted octanol–water partition coefficient (Wildman–Crippen LogP) is 2.75. The Labute approximate surface area is 103 Å². The first-order valence-corrected chi connectivity index (χ1v) is 5.41. The standard InChI is InChI=1S/C11H21NO3.ClH/c1-7-6-9(8(2)15-7)12(10(13)14)11(3,4)5;/h7-9H,6H2,1-5H3,(H,13,14);1H. The van der Waals surface area contributed by atoms with Gasteiger partial charge in [0, 0.05) is 5.54 Å². The minimum absolute atomic E-state index is 0. The number of carbonyl (C=O) groups is 1. The topological polar surface area (TPSA) is 49.8 Å². The lowest BCUT2D eigenvalue weighted by atomic mass is 9.99. The van der Waals surface area contributed by atoms with Gasteiger partial charge in [-0.3, -0.25) is 4.90 Å². The number of ether oxygens (including phenoxy) is 1. The van der Waals surface area contributed by atoms with Crippen LogP contribution in [0.1, 0.15) is 41.0 Å². The quantitative estimate of drug-likeness (QED) is 0.780. The zero-order valence-electron chi connectivity index (χ0n) is 10.6. The predicted molar refractivity (Wildman–Crippen MR) is 65.3 cm³/mol. The first-order valence-electron chi connectivity index (χ1n) is 5.41. The molecule has 16 heavy (non-hydrogen) atoms. The molecule has 1 aliphatic rings. The Morgan fingerprint density at radius 2 is 1.88 bits per heavy atom. The molecule has 1 aliphatic heterocycles. The van der Waals surface area contributed by atoms with Gasteiger partial charge in [-0.2, -0.15) is 0 Å². The van der Waals surface area contributed by atoms with Crippen molar-refractivity contribution in [2.45, 2.75) is 64.8 Å². The van der Waals surface area contributed by atoms with Gasteiger partial charge in [-0.1, -0.05) is 0 Å². The van der Waals surface area contributed by atoms with E-state index in [1.54, 1.807) is 0 Å². The SMILES string of the molecule is CC1CC(N(C(=O)O)C(C)(C)C)C(C)O1.Cl. The highest BCUT2D eigenvalue weighted by Crippen LogP contribution is 2.29. The van der Waals surface area contributed by atoms with E-state index in [2.05, 4.69) is 0 Å². The van der Waals surface area contributed by atoms with E-state index in [-0.39, 0.29) is 36.2 Å². The van der Waals surface area contributed by atoms with Gasteiger partial charge in [0.1, 0.15) is 0 Å². The third-order valence-corrected chi connectivity index (χ3v) is 2.82. The molecule has 0 spiro atoms. The van der Waals surface area contributed by atoms with Crippen LogP contribution in [-0.4, -0.2) is 39.9 Å². The molecule has 96 valence electrons. The normalized spacial score (nSPS) is 29.7. The molecule has 0 aromatic carbocycles. The summed E-state index contributed by atoms with van der Waals surface area (Å²) in [5.74, 6) is 0. The maximum absolute atomic E-state index is 11.3. The molecule has 1 amide bonds. The molecular formula is C11H22ClNO3. The van der Waals surface area contributed by atoms with Crippen LogP contribution < -0.4 is 0 Å². The molecule has 3 unspecified atom stereocenters. The molecule has 0 bridgehead atoms. The Morgan fingerprint density at radius 1 is 1.38 bits per heavy atom. The molecule has 0 radical (unpaired) electrons. The van der Waals surface area contributed by atoms with E-state index in [0.29, 0.717) is 0 Å². The molecule has 0 aliphatic carbocycles. The van der Waals surface area contributed by atoms with Crippen LogP contribution in [0.5, 0.6) is 0 Å². The molecule has 5 heteroatoms. The Hall–Kier alpha value is -0.480. The monoisotopic (exact) mass is 251 g/mol. The summed E-state index contributed by atoms with van der Waals surface area (Å²) >= 11 is 0. The van der Waals surface area contributed by atoms with Gasteiger partial charge in [-0.25, -0.2) is 4.79 Å². The largest absolute Gasteiger partial charge is 0.465 e. The summed E-state index contributed by atoms with van der Waals surface area (Å²) in [7, 11) is 0. The van der Waals surface area contributed by atoms with Gasteiger partial charge in [0.15, 0.2) is 0 Å². The highest BCUT2D eigenvalue weighted by molar-refractivity contribution is 5.85. The second-order valence-electron chi connectivity index (χ2n) is 5.28.